The second-order valence-corrected chi connectivity index (χ2v) is 3.50. The average Bonchev–Trinajstić information content (AvgIpc) is 2.50. The Morgan fingerprint density at radius 1 is 1.41 bits per heavy atom. The van der Waals surface area contributed by atoms with Crippen LogP contribution in [0, 0.1) is 10.1 Å². The number of allylic oxidation sites excluding steroid dienone is 1. The van der Waals surface area contributed by atoms with Crippen molar-refractivity contribution in [3.05, 3.63) is 39.6 Å². The van der Waals surface area contributed by atoms with Crippen molar-refractivity contribution in [2.45, 2.75) is 13.1 Å². The van der Waals surface area contributed by atoms with Crippen molar-refractivity contribution in [3.8, 4) is 11.5 Å². The Bertz CT molecular complexity index is 508. The van der Waals surface area contributed by atoms with Crippen LogP contribution in [-0.4, -0.2) is 21.3 Å². The van der Waals surface area contributed by atoms with E-state index in [9.17, 15) is 10.1 Å². The lowest BCUT2D eigenvalue weighted by Gasteiger charge is -2.10. The van der Waals surface area contributed by atoms with Gasteiger partial charge in [0.15, 0.2) is 11.5 Å². The number of benzene rings is 1. The molecule has 90 valence electrons. The summed E-state index contributed by atoms with van der Waals surface area (Å²) in [7, 11) is 0. The zero-order chi connectivity index (χ0) is 12.6. The van der Waals surface area contributed by atoms with E-state index in [1.165, 1.54) is 31.2 Å². The topological polar surface area (TPSA) is 102 Å². The second-order valence-electron chi connectivity index (χ2n) is 3.50. The molecular weight excluding hydrogens is 230 g/mol. The lowest BCUT2D eigenvalue weighted by atomic mass is 10.2. The molecule has 1 aliphatic rings. The van der Waals surface area contributed by atoms with Gasteiger partial charge in [0.05, 0.1) is 4.92 Å². The lowest BCUT2D eigenvalue weighted by molar-refractivity contribution is -0.422. The van der Waals surface area contributed by atoms with Gasteiger partial charge in [0.2, 0.25) is 5.70 Å². The highest BCUT2D eigenvalue weighted by Gasteiger charge is 2.38. The van der Waals surface area contributed by atoms with E-state index in [1.807, 2.05) is 0 Å². The molecule has 2 N–H and O–H groups in total. The molecule has 0 fully saturated rings. The SMILES string of the molecule is C/C(=C\c1ccc2c(c1)OC(O)(O)O2)[N+](=O)[O-]. The van der Waals surface area contributed by atoms with Gasteiger partial charge >= 0.3 is 6.16 Å². The van der Waals surface area contributed by atoms with E-state index in [-0.39, 0.29) is 17.2 Å². The first-order valence-corrected chi connectivity index (χ1v) is 4.67. The summed E-state index contributed by atoms with van der Waals surface area (Å²) in [4.78, 5) is 9.92. The number of rotatable bonds is 2. The summed E-state index contributed by atoms with van der Waals surface area (Å²) in [5.74, 6) is 0.269. The summed E-state index contributed by atoms with van der Waals surface area (Å²) in [6.45, 7) is 1.35. The van der Waals surface area contributed by atoms with Gasteiger partial charge in [-0.1, -0.05) is 6.07 Å². The van der Waals surface area contributed by atoms with Crippen molar-refractivity contribution < 1.29 is 24.6 Å². The molecule has 2 rings (SSSR count). The van der Waals surface area contributed by atoms with Crippen LogP contribution in [0.2, 0.25) is 0 Å². The van der Waals surface area contributed by atoms with Crippen LogP contribution in [0.15, 0.2) is 23.9 Å². The molecule has 0 aliphatic carbocycles. The minimum absolute atomic E-state index is 0.0388. The van der Waals surface area contributed by atoms with Crippen molar-refractivity contribution in [1.29, 1.82) is 0 Å². The molecule has 0 bridgehead atoms. The summed E-state index contributed by atoms with van der Waals surface area (Å²) in [5, 5.41) is 28.6. The highest BCUT2D eigenvalue weighted by atomic mass is 17.0. The smallest absolute Gasteiger partial charge is 0.403 e. The molecule has 1 aromatic rings. The quantitative estimate of drug-likeness (QED) is 0.447. The second kappa shape index (κ2) is 3.72. The third kappa shape index (κ3) is 2.35. The van der Waals surface area contributed by atoms with Gasteiger partial charge in [-0.25, -0.2) is 0 Å². The molecule has 0 amide bonds. The third-order valence-electron chi connectivity index (χ3n) is 2.12. The summed E-state index contributed by atoms with van der Waals surface area (Å²) >= 11 is 0. The van der Waals surface area contributed by atoms with E-state index >= 15 is 0 Å². The van der Waals surface area contributed by atoms with E-state index in [0.29, 0.717) is 5.56 Å². The molecule has 0 saturated carbocycles. The van der Waals surface area contributed by atoms with Crippen molar-refractivity contribution >= 4 is 6.08 Å². The number of nitrogens with zero attached hydrogens (tertiary/aromatic N) is 1. The molecule has 1 aliphatic heterocycles. The van der Waals surface area contributed by atoms with Crippen LogP contribution >= 0.6 is 0 Å². The number of hydrogen-bond donors (Lipinski definition) is 2. The zero-order valence-corrected chi connectivity index (χ0v) is 8.78. The molecule has 0 unspecified atom stereocenters. The fraction of sp³-hybridized carbons (Fsp3) is 0.200. The number of aliphatic hydroxyl groups is 2. The number of hydrogen-bond acceptors (Lipinski definition) is 6. The van der Waals surface area contributed by atoms with Crippen molar-refractivity contribution in [1.82, 2.24) is 0 Å². The van der Waals surface area contributed by atoms with Crippen LogP contribution in [0.4, 0.5) is 0 Å². The molecule has 7 heteroatoms. The molecule has 1 aromatic carbocycles. The lowest BCUT2D eigenvalue weighted by Crippen LogP contribution is -2.37. The maximum Gasteiger partial charge on any atom is 0.505 e. The van der Waals surface area contributed by atoms with Gasteiger partial charge in [-0.2, -0.15) is 0 Å². The summed E-state index contributed by atoms with van der Waals surface area (Å²) in [6.07, 6.45) is -1.35. The van der Waals surface area contributed by atoms with Gasteiger partial charge in [-0.15, -0.1) is 0 Å². The minimum Gasteiger partial charge on any atom is -0.403 e. The van der Waals surface area contributed by atoms with Crippen molar-refractivity contribution in [3.63, 3.8) is 0 Å². The average molecular weight is 239 g/mol. The van der Waals surface area contributed by atoms with E-state index in [0.717, 1.165) is 0 Å². The van der Waals surface area contributed by atoms with E-state index in [2.05, 4.69) is 9.47 Å². The van der Waals surface area contributed by atoms with E-state index in [1.54, 1.807) is 0 Å². The van der Waals surface area contributed by atoms with Crippen molar-refractivity contribution in [2.24, 2.45) is 0 Å². The van der Waals surface area contributed by atoms with Crippen LogP contribution in [0.5, 0.6) is 11.5 Å². The van der Waals surface area contributed by atoms with Crippen LogP contribution in [0.25, 0.3) is 6.08 Å². The van der Waals surface area contributed by atoms with E-state index < -0.39 is 11.1 Å². The fourth-order valence-electron chi connectivity index (χ4n) is 1.38. The molecular formula is C10H9NO6. The molecule has 0 saturated heterocycles. The highest BCUT2D eigenvalue weighted by molar-refractivity contribution is 5.57. The molecule has 17 heavy (non-hydrogen) atoms. The molecule has 0 atom stereocenters. The van der Waals surface area contributed by atoms with Gasteiger partial charge in [0.1, 0.15) is 0 Å². The Balaban J connectivity index is 2.31. The Labute approximate surface area is 95.7 Å². The Hall–Kier alpha value is -2.12. The molecule has 7 nitrogen and oxygen atoms in total. The van der Waals surface area contributed by atoms with Crippen LogP contribution in [0.1, 0.15) is 12.5 Å². The van der Waals surface area contributed by atoms with Gasteiger partial charge in [0.25, 0.3) is 0 Å². The minimum atomic E-state index is -2.68. The molecule has 0 radical (unpaired) electrons. The van der Waals surface area contributed by atoms with Crippen LogP contribution in [0.3, 0.4) is 0 Å². The molecule has 1 heterocycles. The first-order chi connectivity index (χ1) is 7.87. The van der Waals surface area contributed by atoms with Gasteiger partial charge in [0, 0.05) is 13.0 Å². The highest BCUT2D eigenvalue weighted by Crippen LogP contribution is 2.38. The fourth-order valence-corrected chi connectivity index (χ4v) is 1.38. The summed E-state index contributed by atoms with van der Waals surface area (Å²) in [5.41, 5.74) is 0.461. The van der Waals surface area contributed by atoms with Gasteiger partial charge < -0.3 is 9.47 Å². The Morgan fingerprint density at radius 3 is 2.71 bits per heavy atom. The monoisotopic (exact) mass is 239 g/mol. The number of nitro groups is 1. The summed E-state index contributed by atoms with van der Waals surface area (Å²) < 4.78 is 9.30. The third-order valence-corrected chi connectivity index (χ3v) is 2.12. The molecule has 0 aromatic heterocycles. The first-order valence-electron chi connectivity index (χ1n) is 4.67. The standard InChI is InChI=1S/C10H9NO6/c1-6(11(14)15)4-7-2-3-8-9(5-7)17-10(12,13)16-8/h2-5,12-13H,1H3/b6-4+. The normalized spacial score (nSPS) is 17.0. The predicted octanol–water partition coefficient (Wildman–Crippen LogP) is 0.691. The van der Waals surface area contributed by atoms with Crippen LogP contribution < -0.4 is 9.47 Å². The van der Waals surface area contributed by atoms with E-state index in [4.69, 9.17) is 10.2 Å². The number of ether oxygens (including phenoxy) is 2. The van der Waals surface area contributed by atoms with Crippen molar-refractivity contribution in [2.75, 3.05) is 0 Å². The largest absolute Gasteiger partial charge is 0.505 e. The zero-order valence-electron chi connectivity index (χ0n) is 8.78. The Kier molecular flexibility index (Phi) is 2.49. The van der Waals surface area contributed by atoms with Gasteiger partial charge in [-0.3, -0.25) is 20.3 Å². The predicted molar refractivity (Wildman–Crippen MR) is 55.5 cm³/mol. The first kappa shape index (κ1) is 11.4. The summed E-state index contributed by atoms with van der Waals surface area (Å²) in [6, 6.07) is 4.38. The maximum atomic E-state index is 10.4. The molecule has 0 spiro atoms. The number of fused-ring (bicyclic) bond motifs is 1. The van der Waals surface area contributed by atoms with Gasteiger partial charge in [-0.05, 0) is 17.7 Å². The maximum absolute atomic E-state index is 10.4. The Morgan fingerprint density at radius 2 is 2.06 bits per heavy atom. The van der Waals surface area contributed by atoms with Crippen LogP contribution in [-0.2, 0) is 0 Å².